The molecule has 0 saturated carbocycles. The van der Waals surface area contributed by atoms with E-state index in [1.165, 1.54) is 5.56 Å². The van der Waals surface area contributed by atoms with Crippen LogP contribution in [0.3, 0.4) is 0 Å². The summed E-state index contributed by atoms with van der Waals surface area (Å²) < 4.78 is 12.1. The van der Waals surface area contributed by atoms with Crippen molar-refractivity contribution < 1.29 is 9.47 Å². The van der Waals surface area contributed by atoms with Gasteiger partial charge in [-0.1, -0.05) is 0 Å². The van der Waals surface area contributed by atoms with Crippen LogP contribution < -0.4 is 14.8 Å². The highest BCUT2D eigenvalue weighted by Crippen LogP contribution is 2.38. The quantitative estimate of drug-likeness (QED) is 0.910. The second-order valence-corrected chi connectivity index (χ2v) is 6.06. The number of hydrogen-bond donors (Lipinski definition) is 1. The molecule has 17 heavy (non-hydrogen) atoms. The van der Waals surface area contributed by atoms with Crippen LogP contribution in [0.5, 0.6) is 11.5 Å². The molecule has 0 bridgehead atoms. The molecule has 94 valence electrons. The lowest BCUT2D eigenvalue weighted by Crippen LogP contribution is -2.35. The number of hydrogen-bond acceptors (Lipinski definition) is 3. The Morgan fingerprint density at radius 1 is 1.24 bits per heavy atom. The summed E-state index contributed by atoms with van der Waals surface area (Å²) in [6.07, 6.45) is 0. The highest BCUT2D eigenvalue weighted by molar-refractivity contribution is 9.10. The van der Waals surface area contributed by atoms with Crippen LogP contribution in [0.2, 0.25) is 0 Å². The van der Waals surface area contributed by atoms with E-state index in [2.05, 4.69) is 48.1 Å². The van der Waals surface area contributed by atoms with Gasteiger partial charge in [-0.2, -0.15) is 0 Å². The Morgan fingerprint density at radius 2 is 1.94 bits per heavy atom. The summed E-state index contributed by atoms with van der Waals surface area (Å²) in [5.74, 6) is 1.65. The van der Waals surface area contributed by atoms with Crippen LogP contribution in [0.4, 0.5) is 0 Å². The van der Waals surface area contributed by atoms with E-state index in [-0.39, 0.29) is 5.54 Å². The van der Waals surface area contributed by atoms with Crippen LogP contribution in [0.1, 0.15) is 26.3 Å². The van der Waals surface area contributed by atoms with Crippen LogP contribution in [0.25, 0.3) is 0 Å². The summed E-state index contributed by atoms with van der Waals surface area (Å²) >= 11 is 3.52. The largest absolute Gasteiger partial charge is 0.486 e. The Labute approximate surface area is 111 Å². The molecule has 0 saturated heterocycles. The zero-order valence-electron chi connectivity index (χ0n) is 10.5. The van der Waals surface area contributed by atoms with Gasteiger partial charge in [0, 0.05) is 12.1 Å². The first-order valence-electron chi connectivity index (χ1n) is 5.79. The van der Waals surface area contributed by atoms with Crippen LogP contribution in [0.15, 0.2) is 16.6 Å². The molecule has 0 spiro atoms. The SMILES string of the molecule is CC(C)(C)NCc1cc(Br)c2c(c1)OCCO2. The van der Waals surface area contributed by atoms with Crippen LogP contribution in [-0.2, 0) is 6.54 Å². The summed E-state index contributed by atoms with van der Waals surface area (Å²) in [6.45, 7) is 8.51. The van der Waals surface area contributed by atoms with Gasteiger partial charge in [0.05, 0.1) is 4.47 Å². The van der Waals surface area contributed by atoms with E-state index in [9.17, 15) is 0 Å². The van der Waals surface area contributed by atoms with Crippen molar-refractivity contribution in [2.75, 3.05) is 13.2 Å². The van der Waals surface area contributed by atoms with E-state index in [4.69, 9.17) is 9.47 Å². The molecule has 1 heterocycles. The first-order chi connectivity index (χ1) is 7.96. The maximum atomic E-state index is 5.59. The van der Waals surface area contributed by atoms with Crippen LogP contribution in [0, 0.1) is 0 Å². The third kappa shape index (κ3) is 3.36. The molecule has 0 fully saturated rings. The van der Waals surface area contributed by atoms with Crippen molar-refractivity contribution >= 4 is 15.9 Å². The first-order valence-corrected chi connectivity index (χ1v) is 6.58. The Bertz CT molecular complexity index is 413. The summed E-state index contributed by atoms with van der Waals surface area (Å²) in [5.41, 5.74) is 1.30. The number of fused-ring (bicyclic) bond motifs is 1. The highest BCUT2D eigenvalue weighted by Gasteiger charge is 2.17. The van der Waals surface area contributed by atoms with Gasteiger partial charge in [0.25, 0.3) is 0 Å². The summed E-state index contributed by atoms with van der Waals surface area (Å²) in [6, 6.07) is 4.12. The maximum Gasteiger partial charge on any atom is 0.175 e. The van der Waals surface area contributed by atoms with Crippen molar-refractivity contribution in [1.82, 2.24) is 5.32 Å². The monoisotopic (exact) mass is 299 g/mol. The molecule has 2 rings (SSSR count). The lowest BCUT2D eigenvalue weighted by Gasteiger charge is -2.23. The minimum Gasteiger partial charge on any atom is -0.486 e. The number of rotatable bonds is 2. The molecule has 0 radical (unpaired) electrons. The van der Waals surface area contributed by atoms with Crippen LogP contribution in [-0.4, -0.2) is 18.8 Å². The summed E-state index contributed by atoms with van der Waals surface area (Å²) in [4.78, 5) is 0. The minimum absolute atomic E-state index is 0.111. The van der Waals surface area contributed by atoms with Crippen molar-refractivity contribution in [2.24, 2.45) is 0 Å². The standard InChI is InChI=1S/C13H18BrNO2/c1-13(2,3)15-8-9-6-10(14)12-11(7-9)16-4-5-17-12/h6-7,15H,4-5,8H2,1-3H3. The zero-order valence-corrected chi connectivity index (χ0v) is 12.1. The normalized spacial score (nSPS) is 14.8. The molecule has 1 aliphatic heterocycles. The van der Waals surface area contributed by atoms with Crippen molar-refractivity contribution in [2.45, 2.75) is 32.9 Å². The molecule has 3 nitrogen and oxygen atoms in total. The van der Waals surface area contributed by atoms with Gasteiger partial charge >= 0.3 is 0 Å². The van der Waals surface area contributed by atoms with E-state index in [0.29, 0.717) is 13.2 Å². The molecule has 0 aliphatic carbocycles. The van der Waals surface area contributed by atoms with Crippen molar-refractivity contribution in [3.05, 3.63) is 22.2 Å². The third-order valence-electron chi connectivity index (χ3n) is 2.48. The first kappa shape index (κ1) is 12.7. The van der Waals surface area contributed by atoms with Crippen molar-refractivity contribution in [3.8, 4) is 11.5 Å². The van der Waals surface area contributed by atoms with E-state index >= 15 is 0 Å². The topological polar surface area (TPSA) is 30.5 Å². The second kappa shape index (κ2) is 4.86. The smallest absolute Gasteiger partial charge is 0.175 e. The Morgan fingerprint density at radius 3 is 2.65 bits per heavy atom. The fourth-order valence-electron chi connectivity index (χ4n) is 1.63. The predicted molar refractivity (Wildman–Crippen MR) is 71.7 cm³/mol. The molecule has 1 aromatic rings. The molecule has 1 aliphatic rings. The average molecular weight is 300 g/mol. The molecule has 0 amide bonds. The second-order valence-electron chi connectivity index (χ2n) is 5.21. The maximum absolute atomic E-state index is 5.59. The Hall–Kier alpha value is -0.740. The lowest BCUT2D eigenvalue weighted by atomic mass is 10.1. The average Bonchev–Trinajstić information content (AvgIpc) is 2.26. The van der Waals surface area contributed by atoms with Crippen molar-refractivity contribution in [3.63, 3.8) is 0 Å². The fraction of sp³-hybridized carbons (Fsp3) is 0.538. The zero-order chi connectivity index (χ0) is 12.5. The van der Waals surface area contributed by atoms with Gasteiger partial charge in [-0.15, -0.1) is 0 Å². The van der Waals surface area contributed by atoms with Gasteiger partial charge in [0.2, 0.25) is 0 Å². The minimum atomic E-state index is 0.111. The van der Waals surface area contributed by atoms with E-state index in [0.717, 1.165) is 22.5 Å². The van der Waals surface area contributed by atoms with E-state index in [1.54, 1.807) is 0 Å². The van der Waals surface area contributed by atoms with Gasteiger partial charge in [-0.05, 0) is 54.4 Å². The molecule has 0 unspecified atom stereocenters. The molecular weight excluding hydrogens is 282 g/mol. The van der Waals surface area contributed by atoms with Gasteiger partial charge in [-0.3, -0.25) is 0 Å². The number of nitrogens with one attached hydrogen (secondary N) is 1. The molecule has 0 atom stereocenters. The highest BCUT2D eigenvalue weighted by atomic mass is 79.9. The third-order valence-corrected chi connectivity index (χ3v) is 3.07. The lowest BCUT2D eigenvalue weighted by molar-refractivity contribution is 0.170. The number of ether oxygens (including phenoxy) is 2. The van der Waals surface area contributed by atoms with Crippen LogP contribution >= 0.6 is 15.9 Å². The number of benzene rings is 1. The van der Waals surface area contributed by atoms with Gasteiger partial charge in [0.15, 0.2) is 11.5 Å². The predicted octanol–water partition coefficient (Wildman–Crippen LogP) is 3.11. The van der Waals surface area contributed by atoms with Gasteiger partial charge in [0.1, 0.15) is 13.2 Å². The molecule has 0 aromatic heterocycles. The molecule has 1 aromatic carbocycles. The van der Waals surface area contributed by atoms with E-state index < -0.39 is 0 Å². The van der Waals surface area contributed by atoms with Crippen molar-refractivity contribution in [1.29, 1.82) is 0 Å². The summed E-state index contributed by atoms with van der Waals surface area (Å²) in [7, 11) is 0. The van der Waals surface area contributed by atoms with Gasteiger partial charge in [-0.25, -0.2) is 0 Å². The molecule has 1 N–H and O–H groups in total. The van der Waals surface area contributed by atoms with Gasteiger partial charge < -0.3 is 14.8 Å². The number of halogens is 1. The Balaban J connectivity index is 2.16. The molecular formula is C13H18BrNO2. The molecule has 4 heteroatoms. The Kier molecular flexibility index (Phi) is 3.64. The summed E-state index contributed by atoms with van der Waals surface area (Å²) in [5, 5.41) is 3.45. The fourth-order valence-corrected chi connectivity index (χ4v) is 2.24. The van der Waals surface area contributed by atoms with E-state index in [1.807, 2.05) is 6.07 Å².